The van der Waals surface area contributed by atoms with E-state index in [2.05, 4.69) is 10.6 Å². The highest BCUT2D eigenvalue weighted by molar-refractivity contribution is 5.95. The summed E-state index contributed by atoms with van der Waals surface area (Å²) >= 11 is 0. The Morgan fingerprint density at radius 3 is 2.30 bits per heavy atom. The molecular formula is C14H20Cl2F3N3O. The minimum absolute atomic E-state index is 0. The Bertz CT molecular complexity index is 514. The van der Waals surface area contributed by atoms with Crippen LogP contribution in [0.3, 0.4) is 0 Å². The van der Waals surface area contributed by atoms with E-state index in [-0.39, 0.29) is 48.4 Å². The summed E-state index contributed by atoms with van der Waals surface area (Å²) in [5.74, 6) is -0.361. The van der Waals surface area contributed by atoms with Crippen LogP contribution in [0.1, 0.15) is 19.3 Å². The monoisotopic (exact) mass is 373 g/mol. The van der Waals surface area contributed by atoms with Crippen LogP contribution in [0.2, 0.25) is 0 Å². The van der Waals surface area contributed by atoms with Gasteiger partial charge < -0.3 is 16.4 Å². The van der Waals surface area contributed by atoms with Gasteiger partial charge in [-0.2, -0.15) is 13.2 Å². The minimum Gasteiger partial charge on any atom is -0.375 e. The van der Waals surface area contributed by atoms with Gasteiger partial charge in [-0.05, 0) is 31.4 Å². The average molecular weight is 374 g/mol. The highest BCUT2D eigenvalue weighted by atomic mass is 35.5. The highest BCUT2D eigenvalue weighted by Crippen LogP contribution is 2.28. The van der Waals surface area contributed by atoms with Crippen LogP contribution in [-0.2, 0) is 4.79 Å². The van der Waals surface area contributed by atoms with Gasteiger partial charge >= 0.3 is 6.18 Å². The van der Waals surface area contributed by atoms with E-state index in [9.17, 15) is 18.0 Å². The molecule has 0 bridgehead atoms. The van der Waals surface area contributed by atoms with Crippen molar-refractivity contribution in [1.29, 1.82) is 0 Å². The lowest BCUT2D eigenvalue weighted by atomic mass is 10.1. The number of alkyl halides is 3. The van der Waals surface area contributed by atoms with E-state index < -0.39 is 12.7 Å². The van der Waals surface area contributed by atoms with Crippen molar-refractivity contribution in [2.45, 2.75) is 31.5 Å². The van der Waals surface area contributed by atoms with Crippen molar-refractivity contribution in [3.63, 3.8) is 0 Å². The Hall–Kier alpha value is -1.18. The number of rotatable bonds is 4. The maximum Gasteiger partial charge on any atom is 0.405 e. The second-order valence-corrected chi connectivity index (χ2v) is 5.27. The van der Waals surface area contributed by atoms with E-state index in [1.165, 1.54) is 6.07 Å². The number of carbonyl (C=O) groups excluding carboxylic acids is 1. The normalized spacial score (nSPS) is 20.2. The standard InChI is InChI=1S/C14H18F3N3O.2ClH/c15-14(16,17)8-19-11-3-1-2-4-12(11)20-13(21)9-5-6-10(18)7-9;;/h1-4,9-10,19H,5-8,18H2,(H,20,21);2*1H. The number of nitrogens with one attached hydrogen (secondary N) is 2. The molecule has 4 nitrogen and oxygen atoms in total. The Kier molecular flexibility index (Phi) is 8.73. The zero-order chi connectivity index (χ0) is 15.5. The van der Waals surface area contributed by atoms with Crippen molar-refractivity contribution < 1.29 is 18.0 Å². The fourth-order valence-electron chi connectivity index (χ4n) is 2.43. The number of benzene rings is 1. The van der Waals surface area contributed by atoms with Crippen molar-refractivity contribution in [3.8, 4) is 0 Å². The van der Waals surface area contributed by atoms with Crippen LogP contribution in [-0.4, -0.2) is 24.7 Å². The van der Waals surface area contributed by atoms with E-state index in [4.69, 9.17) is 5.73 Å². The van der Waals surface area contributed by atoms with Crippen LogP contribution < -0.4 is 16.4 Å². The van der Waals surface area contributed by atoms with Crippen LogP contribution in [0.25, 0.3) is 0 Å². The first-order valence-corrected chi connectivity index (χ1v) is 6.81. The van der Waals surface area contributed by atoms with Crippen LogP contribution in [0, 0.1) is 5.92 Å². The quantitative estimate of drug-likeness (QED) is 0.755. The van der Waals surface area contributed by atoms with Crippen LogP contribution in [0.15, 0.2) is 24.3 Å². The number of hydrogen-bond acceptors (Lipinski definition) is 3. The van der Waals surface area contributed by atoms with Gasteiger partial charge in [-0.3, -0.25) is 4.79 Å². The maximum absolute atomic E-state index is 12.3. The van der Waals surface area contributed by atoms with Crippen molar-refractivity contribution in [2.24, 2.45) is 11.7 Å². The molecule has 2 unspecified atom stereocenters. The van der Waals surface area contributed by atoms with Crippen LogP contribution >= 0.6 is 24.8 Å². The van der Waals surface area contributed by atoms with Gasteiger partial charge in [0.05, 0.1) is 11.4 Å². The Balaban J connectivity index is 0.00000242. The molecule has 2 rings (SSSR count). The molecule has 1 aromatic rings. The molecule has 0 heterocycles. The van der Waals surface area contributed by atoms with E-state index in [0.29, 0.717) is 18.5 Å². The van der Waals surface area contributed by atoms with Gasteiger partial charge in [0.15, 0.2) is 0 Å². The summed E-state index contributed by atoms with van der Waals surface area (Å²) in [4.78, 5) is 12.1. The summed E-state index contributed by atoms with van der Waals surface area (Å²) in [6.45, 7) is -1.14. The number of anilines is 2. The molecule has 1 aliphatic carbocycles. The Morgan fingerprint density at radius 2 is 1.78 bits per heavy atom. The summed E-state index contributed by atoms with van der Waals surface area (Å²) < 4.78 is 36.8. The summed E-state index contributed by atoms with van der Waals surface area (Å²) in [7, 11) is 0. The SMILES string of the molecule is Cl.Cl.NC1CCC(C(=O)Nc2ccccc2NCC(F)(F)F)C1. The van der Waals surface area contributed by atoms with Crippen molar-refractivity contribution in [3.05, 3.63) is 24.3 Å². The zero-order valence-corrected chi connectivity index (χ0v) is 13.9. The first-order chi connectivity index (χ1) is 9.85. The van der Waals surface area contributed by atoms with Crippen molar-refractivity contribution in [2.75, 3.05) is 17.2 Å². The summed E-state index contributed by atoms with van der Waals surface area (Å²) in [6, 6.07) is 6.38. The average Bonchev–Trinajstić information content (AvgIpc) is 2.83. The first kappa shape index (κ1) is 21.8. The number of halogens is 5. The maximum atomic E-state index is 12.3. The lowest BCUT2D eigenvalue weighted by Gasteiger charge is -2.16. The fraction of sp³-hybridized carbons (Fsp3) is 0.500. The fourth-order valence-corrected chi connectivity index (χ4v) is 2.43. The van der Waals surface area contributed by atoms with E-state index in [0.717, 1.165) is 6.42 Å². The van der Waals surface area contributed by atoms with Gasteiger partial charge in [0.25, 0.3) is 0 Å². The molecule has 23 heavy (non-hydrogen) atoms. The molecule has 9 heteroatoms. The van der Waals surface area contributed by atoms with Crippen LogP contribution in [0.4, 0.5) is 24.5 Å². The molecular weight excluding hydrogens is 354 g/mol. The van der Waals surface area contributed by atoms with E-state index >= 15 is 0 Å². The third-order valence-electron chi connectivity index (χ3n) is 3.51. The molecule has 1 aromatic carbocycles. The number of para-hydroxylation sites is 2. The summed E-state index contributed by atoms with van der Waals surface area (Å²) in [6.07, 6.45) is -2.18. The molecule has 132 valence electrons. The van der Waals surface area contributed by atoms with Crippen molar-refractivity contribution >= 4 is 42.1 Å². The molecule has 0 aliphatic heterocycles. The number of amides is 1. The van der Waals surface area contributed by atoms with Gasteiger partial charge in [-0.25, -0.2) is 0 Å². The van der Waals surface area contributed by atoms with Gasteiger partial charge in [-0.1, -0.05) is 12.1 Å². The third kappa shape index (κ3) is 6.85. The minimum atomic E-state index is -4.31. The molecule has 1 aliphatic rings. The van der Waals surface area contributed by atoms with E-state index in [1.807, 2.05) is 0 Å². The molecule has 0 aromatic heterocycles. The molecule has 4 N–H and O–H groups in total. The Morgan fingerprint density at radius 1 is 1.17 bits per heavy atom. The van der Waals surface area contributed by atoms with Crippen molar-refractivity contribution in [1.82, 2.24) is 0 Å². The number of nitrogens with two attached hydrogens (primary N) is 1. The van der Waals surface area contributed by atoms with Gasteiger partial charge in [0.2, 0.25) is 5.91 Å². The molecule has 1 amide bonds. The molecule has 0 spiro atoms. The first-order valence-electron chi connectivity index (χ1n) is 6.81. The van der Waals surface area contributed by atoms with Gasteiger partial charge in [-0.15, -0.1) is 24.8 Å². The predicted molar refractivity (Wildman–Crippen MR) is 89.4 cm³/mol. The smallest absolute Gasteiger partial charge is 0.375 e. The second-order valence-electron chi connectivity index (χ2n) is 5.27. The second kappa shape index (κ2) is 9.20. The number of carbonyl (C=O) groups is 1. The largest absolute Gasteiger partial charge is 0.405 e. The van der Waals surface area contributed by atoms with E-state index in [1.54, 1.807) is 18.2 Å². The highest BCUT2D eigenvalue weighted by Gasteiger charge is 2.29. The van der Waals surface area contributed by atoms with Gasteiger partial charge in [0, 0.05) is 12.0 Å². The summed E-state index contributed by atoms with van der Waals surface area (Å²) in [5, 5.41) is 4.98. The molecule has 0 saturated heterocycles. The predicted octanol–water partition coefficient (Wildman–Crippen LogP) is 3.57. The van der Waals surface area contributed by atoms with Gasteiger partial charge in [0.1, 0.15) is 6.54 Å². The molecule has 2 atom stereocenters. The Labute approximate surface area is 145 Å². The molecule has 1 fully saturated rings. The lowest BCUT2D eigenvalue weighted by Crippen LogP contribution is -2.25. The lowest BCUT2D eigenvalue weighted by molar-refractivity contribution is -0.119. The topological polar surface area (TPSA) is 67.2 Å². The summed E-state index contributed by atoms with van der Waals surface area (Å²) in [5.41, 5.74) is 6.37. The molecule has 1 saturated carbocycles. The van der Waals surface area contributed by atoms with Crippen LogP contribution in [0.5, 0.6) is 0 Å². The molecule has 0 radical (unpaired) electrons. The zero-order valence-electron chi connectivity index (χ0n) is 12.2. The third-order valence-corrected chi connectivity index (χ3v) is 3.51. The number of hydrogen-bond donors (Lipinski definition) is 3.